The molecule has 0 aliphatic carbocycles. The van der Waals surface area contributed by atoms with Crippen LogP contribution < -0.4 is 5.32 Å². The van der Waals surface area contributed by atoms with Crippen LogP contribution in [0.1, 0.15) is 36.0 Å². The third kappa shape index (κ3) is 3.48. The average Bonchev–Trinajstić information content (AvgIpc) is 3.53. The molecular formula is C21H24N4O4. The maximum atomic E-state index is 12.9. The van der Waals surface area contributed by atoms with E-state index in [0.29, 0.717) is 43.8 Å². The molecule has 2 saturated heterocycles. The van der Waals surface area contributed by atoms with Gasteiger partial charge >= 0.3 is 0 Å². The highest BCUT2D eigenvalue weighted by Gasteiger charge is 2.48. The number of hydrogen-bond acceptors (Lipinski definition) is 5. The van der Waals surface area contributed by atoms with Crippen molar-refractivity contribution in [2.75, 3.05) is 26.2 Å². The van der Waals surface area contributed by atoms with E-state index < -0.39 is 5.60 Å². The third-order valence-electron chi connectivity index (χ3n) is 6.02. The normalized spacial score (nSPS) is 26.1. The number of rotatable bonds is 4. The molecule has 0 bridgehead atoms. The van der Waals surface area contributed by atoms with Crippen molar-refractivity contribution in [1.29, 1.82) is 0 Å². The van der Waals surface area contributed by atoms with Crippen LogP contribution in [0.2, 0.25) is 0 Å². The van der Waals surface area contributed by atoms with Gasteiger partial charge in [0, 0.05) is 55.2 Å². The van der Waals surface area contributed by atoms with E-state index in [1.165, 1.54) is 0 Å². The van der Waals surface area contributed by atoms with Gasteiger partial charge in [-0.05, 0) is 37.1 Å². The van der Waals surface area contributed by atoms with E-state index in [1.54, 1.807) is 4.90 Å². The topological polar surface area (TPSA) is 96.0 Å². The van der Waals surface area contributed by atoms with Gasteiger partial charge in [-0.2, -0.15) is 0 Å². The summed E-state index contributed by atoms with van der Waals surface area (Å²) in [6.45, 7) is 2.28. The van der Waals surface area contributed by atoms with Crippen molar-refractivity contribution in [1.82, 2.24) is 15.2 Å². The second-order valence-electron chi connectivity index (χ2n) is 8.09. The number of likely N-dealkylation sites (tertiary alicyclic amines) is 1. The van der Waals surface area contributed by atoms with Gasteiger partial charge in [-0.15, -0.1) is 0 Å². The Morgan fingerprint density at radius 2 is 2.28 bits per heavy atom. The lowest BCUT2D eigenvalue weighted by molar-refractivity contribution is -0.115. The summed E-state index contributed by atoms with van der Waals surface area (Å²) in [7, 11) is 0. The fourth-order valence-electron chi connectivity index (χ4n) is 4.36. The van der Waals surface area contributed by atoms with Crippen LogP contribution in [-0.4, -0.2) is 65.4 Å². The van der Waals surface area contributed by atoms with E-state index >= 15 is 0 Å². The van der Waals surface area contributed by atoms with Gasteiger partial charge < -0.3 is 24.8 Å². The number of ether oxygens (including phenoxy) is 1. The van der Waals surface area contributed by atoms with E-state index in [2.05, 4.69) is 15.5 Å². The van der Waals surface area contributed by atoms with Crippen LogP contribution in [0.15, 0.2) is 35.6 Å². The van der Waals surface area contributed by atoms with Crippen LogP contribution in [0.4, 0.5) is 0 Å². The first-order valence-corrected chi connectivity index (χ1v) is 10.1. The zero-order valence-corrected chi connectivity index (χ0v) is 16.1. The summed E-state index contributed by atoms with van der Waals surface area (Å²) in [4.78, 5) is 36.0. The fraction of sp³-hybridized carbons (Fsp3) is 0.476. The average molecular weight is 396 g/mol. The van der Waals surface area contributed by atoms with Crippen LogP contribution in [0, 0.1) is 0 Å². The standard InChI is InChI=1S/C21H24N4O4/c26-19(23-12-16-2-1-9-28-16)18-11-21(29-24-18)6-8-25(13-21)20(27)15-3-4-17-14(10-15)5-7-22-17/h3-5,7,10,16,22H,1-2,6,8-9,11-13H2,(H,23,26)/t16-,21-/m1/s1. The zero-order valence-electron chi connectivity index (χ0n) is 16.1. The van der Waals surface area contributed by atoms with Crippen LogP contribution in [-0.2, 0) is 14.4 Å². The van der Waals surface area contributed by atoms with Crippen LogP contribution in [0.25, 0.3) is 10.9 Å². The Morgan fingerprint density at radius 1 is 1.34 bits per heavy atom. The van der Waals surface area contributed by atoms with E-state index in [-0.39, 0.29) is 17.9 Å². The molecule has 2 atom stereocenters. The molecule has 5 rings (SSSR count). The summed E-state index contributed by atoms with van der Waals surface area (Å²) >= 11 is 0. The highest BCUT2D eigenvalue weighted by Crippen LogP contribution is 2.34. The third-order valence-corrected chi connectivity index (χ3v) is 6.02. The lowest BCUT2D eigenvalue weighted by Gasteiger charge is -2.21. The molecule has 2 N–H and O–H groups in total. The second-order valence-corrected chi connectivity index (χ2v) is 8.09. The van der Waals surface area contributed by atoms with Gasteiger partial charge in [0.15, 0.2) is 5.60 Å². The lowest BCUT2D eigenvalue weighted by Crippen LogP contribution is -2.40. The van der Waals surface area contributed by atoms with Crippen molar-refractivity contribution in [3.63, 3.8) is 0 Å². The number of amides is 2. The summed E-state index contributed by atoms with van der Waals surface area (Å²) in [5.74, 6) is -0.232. The molecule has 0 unspecified atom stereocenters. The molecule has 3 aliphatic heterocycles. The van der Waals surface area contributed by atoms with E-state index in [0.717, 1.165) is 30.4 Å². The minimum Gasteiger partial charge on any atom is -0.386 e. The predicted molar refractivity (Wildman–Crippen MR) is 107 cm³/mol. The number of nitrogens with zero attached hydrogens (tertiary/aromatic N) is 2. The van der Waals surface area contributed by atoms with Crippen molar-refractivity contribution in [3.8, 4) is 0 Å². The van der Waals surface area contributed by atoms with Crippen molar-refractivity contribution >= 4 is 28.4 Å². The van der Waals surface area contributed by atoms with Gasteiger partial charge in [-0.1, -0.05) is 5.16 Å². The molecular weight excluding hydrogens is 372 g/mol. The van der Waals surface area contributed by atoms with Gasteiger partial charge in [-0.25, -0.2) is 0 Å². The van der Waals surface area contributed by atoms with Crippen LogP contribution >= 0.6 is 0 Å². The van der Waals surface area contributed by atoms with Gasteiger partial charge in [0.2, 0.25) is 0 Å². The number of carbonyl (C=O) groups excluding carboxylic acids is 2. The van der Waals surface area contributed by atoms with Crippen molar-refractivity contribution in [2.45, 2.75) is 37.4 Å². The first-order valence-electron chi connectivity index (χ1n) is 10.1. The molecule has 3 aliphatic rings. The Balaban J connectivity index is 1.19. The number of oxime groups is 1. The smallest absolute Gasteiger partial charge is 0.269 e. The molecule has 2 aromatic rings. The van der Waals surface area contributed by atoms with Gasteiger partial charge in [-0.3, -0.25) is 9.59 Å². The quantitative estimate of drug-likeness (QED) is 0.824. The summed E-state index contributed by atoms with van der Waals surface area (Å²) < 4.78 is 5.53. The SMILES string of the molecule is O=C(NC[C@H]1CCCO1)C1=NO[C@]2(CCN(C(=O)c3ccc4[nH]ccc4c3)C2)C1. The van der Waals surface area contributed by atoms with E-state index in [4.69, 9.17) is 9.57 Å². The van der Waals surface area contributed by atoms with Gasteiger partial charge in [0.1, 0.15) is 5.71 Å². The fourth-order valence-corrected chi connectivity index (χ4v) is 4.36. The van der Waals surface area contributed by atoms with Crippen molar-refractivity contribution in [3.05, 3.63) is 36.0 Å². The van der Waals surface area contributed by atoms with E-state index in [1.807, 2.05) is 30.5 Å². The first-order chi connectivity index (χ1) is 14.1. The number of aromatic amines is 1. The molecule has 8 heteroatoms. The van der Waals surface area contributed by atoms with Crippen LogP contribution in [0.3, 0.4) is 0 Å². The Labute approximate surface area is 168 Å². The number of nitrogens with one attached hydrogen (secondary N) is 2. The first kappa shape index (κ1) is 18.2. The summed E-state index contributed by atoms with van der Waals surface area (Å²) in [6, 6.07) is 7.60. The molecule has 0 radical (unpaired) electrons. The second kappa shape index (κ2) is 7.18. The molecule has 152 valence electrons. The molecule has 2 amide bonds. The number of fused-ring (bicyclic) bond motifs is 1. The molecule has 1 aromatic heterocycles. The summed E-state index contributed by atoms with van der Waals surface area (Å²) in [5.41, 5.74) is 1.46. The highest BCUT2D eigenvalue weighted by molar-refractivity contribution is 6.39. The highest BCUT2D eigenvalue weighted by atomic mass is 16.7. The number of carbonyl (C=O) groups is 2. The lowest BCUT2D eigenvalue weighted by atomic mass is 9.96. The molecule has 1 aromatic carbocycles. The Bertz CT molecular complexity index is 978. The molecule has 2 fully saturated rings. The molecule has 1 spiro atoms. The van der Waals surface area contributed by atoms with E-state index in [9.17, 15) is 9.59 Å². The molecule has 8 nitrogen and oxygen atoms in total. The van der Waals surface area contributed by atoms with Gasteiger partial charge in [0.25, 0.3) is 11.8 Å². The monoisotopic (exact) mass is 396 g/mol. The Morgan fingerprint density at radius 3 is 3.14 bits per heavy atom. The largest absolute Gasteiger partial charge is 0.386 e. The maximum Gasteiger partial charge on any atom is 0.269 e. The Hall–Kier alpha value is -2.87. The zero-order chi connectivity index (χ0) is 19.8. The van der Waals surface area contributed by atoms with Crippen molar-refractivity contribution in [2.24, 2.45) is 5.16 Å². The maximum absolute atomic E-state index is 12.9. The Kier molecular flexibility index (Phi) is 4.50. The van der Waals surface area contributed by atoms with Crippen molar-refractivity contribution < 1.29 is 19.2 Å². The number of H-pyrrole nitrogens is 1. The molecule has 0 saturated carbocycles. The minimum absolute atomic E-state index is 0.0233. The van der Waals surface area contributed by atoms with Gasteiger partial charge in [0.05, 0.1) is 12.6 Å². The molecule has 29 heavy (non-hydrogen) atoms. The molecule has 4 heterocycles. The summed E-state index contributed by atoms with van der Waals surface area (Å²) in [6.07, 6.45) is 5.04. The number of hydrogen-bond donors (Lipinski definition) is 2. The summed E-state index contributed by atoms with van der Waals surface area (Å²) in [5, 5.41) is 7.94. The number of aromatic nitrogens is 1. The van der Waals surface area contributed by atoms with Crippen LogP contribution in [0.5, 0.6) is 0 Å². The number of benzene rings is 1. The predicted octanol–water partition coefficient (Wildman–Crippen LogP) is 1.82. The minimum atomic E-state index is -0.593.